The molecule has 1 rings (SSSR count). The van der Waals surface area contributed by atoms with Gasteiger partial charge in [-0.3, -0.25) is 0 Å². The topological polar surface area (TPSA) is 63.6 Å². The molecule has 104 valence electrons. The maximum absolute atomic E-state index is 11.7. The number of rotatable bonds is 6. The highest BCUT2D eigenvalue weighted by Crippen LogP contribution is 2.24. The van der Waals surface area contributed by atoms with Crippen molar-refractivity contribution in [2.75, 3.05) is 6.61 Å². The van der Waals surface area contributed by atoms with Gasteiger partial charge in [-0.25, -0.2) is 9.59 Å². The molecule has 0 bridgehead atoms. The smallest absolute Gasteiger partial charge is 0.338 e. The fourth-order valence-electron chi connectivity index (χ4n) is 1.43. The highest BCUT2D eigenvalue weighted by atomic mass is 16.5. The van der Waals surface area contributed by atoms with Crippen LogP contribution in [0.2, 0.25) is 0 Å². The molecule has 0 unspecified atom stereocenters. The molecule has 0 fully saturated rings. The molecule has 19 heavy (non-hydrogen) atoms. The van der Waals surface area contributed by atoms with E-state index in [1.807, 2.05) is 0 Å². The lowest BCUT2D eigenvalue weighted by Gasteiger charge is -2.21. The van der Waals surface area contributed by atoms with Gasteiger partial charge in [0.15, 0.2) is 0 Å². The lowest BCUT2D eigenvalue weighted by molar-refractivity contribution is 0.0455. The SMILES string of the molecule is CCC(C)(C)CCOC(=O)c1ccc(C(=O)O)cc1. The number of esters is 1. The second-order valence-electron chi connectivity index (χ2n) is 5.29. The van der Waals surface area contributed by atoms with Gasteiger partial charge in [0.1, 0.15) is 0 Å². The molecule has 1 aromatic carbocycles. The minimum absolute atomic E-state index is 0.156. The molecular weight excluding hydrogens is 244 g/mol. The fraction of sp³-hybridized carbons (Fsp3) is 0.467. The van der Waals surface area contributed by atoms with Crippen molar-refractivity contribution in [1.82, 2.24) is 0 Å². The average molecular weight is 264 g/mol. The van der Waals surface area contributed by atoms with Gasteiger partial charge >= 0.3 is 11.9 Å². The van der Waals surface area contributed by atoms with Gasteiger partial charge in [-0.05, 0) is 36.1 Å². The summed E-state index contributed by atoms with van der Waals surface area (Å²) in [7, 11) is 0. The highest BCUT2D eigenvalue weighted by Gasteiger charge is 2.16. The van der Waals surface area contributed by atoms with Crippen LogP contribution >= 0.6 is 0 Å². The maximum atomic E-state index is 11.7. The van der Waals surface area contributed by atoms with Gasteiger partial charge in [0, 0.05) is 0 Å². The molecule has 4 heteroatoms. The van der Waals surface area contributed by atoms with Crippen molar-refractivity contribution in [3.05, 3.63) is 35.4 Å². The molecule has 1 N–H and O–H groups in total. The van der Waals surface area contributed by atoms with Gasteiger partial charge in [-0.15, -0.1) is 0 Å². The zero-order valence-corrected chi connectivity index (χ0v) is 11.6. The summed E-state index contributed by atoms with van der Waals surface area (Å²) >= 11 is 0. The van der Waals surface area contributed by atoms with Gasteiger partial charge in [-0.1, -0.05) is 27.2 Å². The molecule has 0 aromatic heterocycles. The lowest BCUT2D eigenvalue weighted by Crippen LogP contribution is -2.15. The molecule has 1 aromatic rings. The molecular formula is C15H20O4. The summed E-state index contributed by atoms with van der Waals surface area (Å²) in [6, 6.07) is 5.73. The van der Waals surface area contributed by atoms with E-state index in [0.29, 0.717) is 12.2 Å². The Kier molecular flexibility index (Phi) is 5.10. The van der Waals surface area contributed by atoms with E-state index in [1.54, 1.807) is 0 Å². The van der Waals surface area contributed by atoms with Crippen LogP contribution in [0.15, 0.2) is 24.3 Å². The summed E-state index contributed by atoms with van der Waals surface area (Å²) < 4.78 is 5.18. The van der Waals surface area contributed by atoms with E-state index in [2.05, 4.69) is 20.8 Å². The molecule has 0 aliphatic rings. The third-order valence-electron chi connectivity index (χ3n) is 3.34. The van der Waals surface area contributed by atoms with Crippen molar-refractivity contribution < 1.29 is 19.4 Å². The normalized spacial score (nSPS) is 11.1. The summed E-state index contributed by atoms with van der Waals surface area (Å²) in [5, 5.41) is 8.76. The molecule has 0 atom stereocenters. The number of benzene rings is 1. The quantitative estimate of drug-likeness (QED) is 0.800. The summed E-state index contributed by atoms with van der Waals surface area (Å²) in [4.78, 5) is 22.4. The summed E-state index contributed by atoms with van der Waals surface area (Å²) in [5.74, 6) is -1.42. The average Bonchev–Trinajstić information content (AvgIpc) is 2.38. The zero-order valence-electron chi connectivity index (χ0n) is 11.6. The number of carboxylic acid groups (broad SMARTS) is 1. The van der Waals surface area contributed by atoms with E-state index in [0.717, 1.165) is 12.8 Å². The Morgan fingerprint density at radius 2 is 1.68 bits per heavy atom. The molecule has 0 spiro atoms. The van der Waals surface area contributed by atoms with E-state index in [-0.39, 0.29) is 11.0 Å². The second-order valence-corrected chi connectivity index (χ2v) is 5.29. The van der Waals surface area contributed by atoms with Crippen LogP contribution in [0.3, 0.4) is 0 Å². The third kappa shape index (κ3) is 4.73. The van der Waals surface area contributed by atoms with Gasteiger partial charge in [0.25, 0.3) is 0 Å². The number of carboxylic acids is 1. The van der Waals surface area contributed by atoms with Crippen LogP contribution in [0.25, 0.3) is 0 Å². The zero-order chi connectivity index (χ0) is 14.5. The first-order chi connectivity index (χ1) is 8.85. The molecule has 0 amide bonds. The first kappa shape index (κ1) is 15.2. The van der Waals surface area contributed by atoms with Crippen molar-refractivity contribution in [1.29, 1.82) is 0 Å². The number of ether oxygens (including phenoxy) is 1. The number of aromatic carboxylic acids is 1. The number of carbonyl (C=O) groups excluding carboxylic acids is 1. The Bertz CT molecular complexity index is 446. The number of carbonyl (C=O) groups is 2. The van der Waals surface area contributed by atoms with Crippen LogP contribution in [0.5, 0.6) is 0 Å². The molecule has 0 radical (unpaired) electrons. The predicted molar refractivity (Wildman–Crippen MR) is 72.4 cm³/mol. The molecule has 0 heterocycles. The Balaban J connectivity index is 2.52. The second kappa shape index (κ2) is 6.36. The van der Waals surface area contributed by atoms with E-state index in [9.17, 15) is 9.59 Å². The molecule has 0 aliphatic heterocycles. The largest absolute Gasteiger partial charge is 0.478 e. The van der Waals surface area contributed by atoms with E-state index in [4.69, 9.17) is 9.84 Å². The Labute approximate surface area is 113 Å². The fourth-order valence-corrected chi connectivity index (χ4v) is 1.43. The van der Waals surface area contributed by atoms with Gasteiger partial charge < -0.3 is 9.84 Å². The standard InChI is InChI=1S/C15H20O4/c1-4-15(2,3)9-10-19-14(18)12-7-5-11(6-8-12)13(16)17/h5-8H,4,9-10H2,1-3H3,(H,16,17). The van der Waals surface area contributed by atoms with E-state index < -0.39 is 11.9 Å². The van der Waals surface area contributed by atoms with Crippen LogP contribution in [0, 0.1) is 5.41 Å². The Hall–Kier alpha value is -1.84. The van der Waals surface area contributed by atoms with Crippen molar-refractivity contribution in [2.24, 2.45) is 5.41 Å². The first-order valence-corrected chi connectivity index (χ1v) is 6.36. The van der Waals surface area contributed by atoms with Crippen molar-refractivity contribution in [2.45, 2.75) is 33.6 Å². The molecule has 0 saturated carbocycles. The minimum atomic E-state index is -1.01. The molecule has 0 saturated heterocycles. The summed E-state index contributed by atoms with van der Waals surface area (Å²) in [5.41, 5.74) is 0.691. The number of hydrogen-bond acceptors (Lipinski definition) is 3. The van der Waals surface area contributed by atoms with Crippen LogP contribution in [-0.2, 0) is 4.74 Å². The lowest BCUT2D eigenvalue weighted by atomic mass is 9.87. The van der Waals surface area contributed by atoms with Crippen LogP contribution in [0.4, 0.5) is 0 Å². The van der Waals surface area contributed by atoms with Gasteiger partial charge in [0.2, 0.25) is 0 Å². The van der Waals surface area contributed by atoms with Crippen LogP contribution in [-0.4, -0.2) is 23.7 Å². The third-order valence-corrected chi connectivity index (χ3v) is 3.34. The maximum Gasteiger partial charge on any atom is 0.338 e. The predicted octanol–water partition coefficient (Wildman–Crippen LogP) is 3.37. The minimum Gasteiger partial charge on any atom is -0.478 e. The van der Waals surface area contributed by atoms with Crippen molar-refractivity contribution >= 4 is 11.9 Å². The van der Waals surface area contributed by atoms with Crippen molar-refractivity contribution in [3.63, 3.8) is 0 Å². The number of hydrogen-bond donors (Lipinski definition) is 1. The van der Waals surface area contributed by atoms with E-state index in [1.165, 1.54) is 24.3 Å². The highest BCUT2D eigenvalue weighted by molar-refractivity contribution is 5.92. The molecule has 0 aliphatic carbocycles. The van der Waals surface area contributed by atoms with Gasteiger partial charge in [-0.2, -0.15) is 0 Å². The first-order valence-electron chi connectivity index (χ1n) is 6.36. The summed E-state index contributed by atoms with van der Waals surface area (Å²) in [6.45, 7) is 6.73. The van der Waals surface area contributed by atoms with Gasteiger partial charge in [0.05, 0.1) is 17.7 Å². The Morgan fingerprint density at radius 1 is 1.16 bits per heavy atom. The monoisotopic (exact) mass is 264 g/mol. The molecule has 4 nitrogen and oxygen atoms in total. The van der Waals surface area contributed by atoms with E-state index >= 15 is 0 Å². The Morgan fingerprint density at radius 3 is 2.16 bits per heavy atom. The van der Waals surface area contributed by atoms with Crippen LogP contribution in [0.1, 0.15) is 54.3 Å². The van der Waals surface area contributed by atoms with Crippen molar-refractivity contribution in [3.8, 4) is 0 Å². The van der Waals surface area contributed by atoms with Crippen LogP contribution < -0.4 is 0 Å². The summed E-state index contributed by atoms with van der Waals surface area (Å²) in [6.07, 6.45) is 1.83.